The summed E-state index contributed by atoms with van der Waals surface area (Å²) in [5.41, 5.74) is 1.20. The molecule has 1 unspecified atom stereocenters. The van der Waals surface area contributed by atoms with Gasteiger partial charge in [0.05, 0.1) is 16.7 Å². The van der Waals surface area contributed by atoms with Crippen LogP contribution in [-0.2, 0) is 22.6 Å². The minimum Gasteiger partial charge on any atom is -0.325 e. The first-order valence-corrected chi connectivity index (χ1v) is 12.2. The van der Waals surface area contributed by atoms with Crippen LogP contribution in [0.4, 0.5) is 20.2 Å². The van der Waals surface area contributed by atoms with E-state index in [-0.39, 0.29) is 17.3 Å². The summed E-state index contributed by atoms with van der Waals surface area (Å²) in [7, 11) is 0. The van der Waals surface area contributed by atoms with Crippen molar-refractivity contribution in [1.82, 2.24) is 14.8 Å². The number of thioether (sulfide) groups is 1. The number of amides is 2. The molecular formula is C24H25F2N5O2S. The van der Waals surface area contributed by atoms with Crippen LogP contribution in [0, 0.1) is 11.6 Å². The highest BCUT2D eigenvalue weighted by atomic mass is 32.2. The normalized spacial score (nSPS) is 14.1. The Morgan fingerprint density at radius 1 is 1.06 bits per heavy atom. The van der Waals surface area contributed by atoms with Crippen LogP contribution in [-0.4, -0.2) is 37.6 Å². The second kappa shape index (κ2) is 10.8. The quantitative estimate of drug-likeness (QED) is 0.509. The molecule has 0 radical (unpaired) electrons. The van der Waals surface area contributed by atoms with Crippen LogP contribution in [0.5, 0.6) is 0 Å². The van der Waals surface area contributed by atoms with Crippen molar-refractivity contribution < 1.29 is 18.4 Å². The van der Waals surface area contributed by atoms with E-state index in [1.165, 1.54) is 30.3 Å². The first-order chi connectivity index (χ1) is 16.4. The van der Waals surface area contributed by atoms with Gasteiger partial charge in [0.15, 0.2) is 5.82 Å². The summed E-state index contributed by atoms with van der Waals surface area (Å²) in [4.78, 5) is 24.8. The Hall–Kier alpha value is -3.27. The van der Waals surface area contributed by atoms with Crippen molar-refractivity contribution in [3.63, 3.8) is 0 Å². The molecule has 0 bridgehead atoms. The molecule has 3 aromatic rings. The van der Waals surface area contributed by atoms with E-state index in [4.69, 9.17) is 0 Å². The molecule has 2 amide bonds. The van der Waals surface area contributed by atoms with Gasteiger partial charge in [-0.2, -0.15) is 0 Å². The zero-order valence-corrected chi connectivity index (χ0v) is 19.5. The Balaban J connectivity index is 1.37. The average molecular weight is 486 g/mol. The van der Waals surface area contributed by atoms with E-state index in [1.807, 2.05) is 0 Å². The number of nitrogens with zero attached hydrogens (tertiary/aromatic N) is 3. The van der Waals surface area contributed by atoms with Crippen molar-refractivity contribution in [2.45, 2.75) is 44.4 Å². The molecule has 2 heterocycles. The van der Waals surface area contributed by atoms with Crippen LogP contribution in [0.25, 0.3) is 11.4 Å². The highest BCUT2D eigenvalue weighted by molar-refractivity contribution is 8.01. The largest absolute Gasteiger partial charge is 0.325 e. The van der Waals surface area contributed by atoms with E-state index in [2.05, 4.69) is 25.4 Å². The number of rotatable bonds is 7. The maximum Gasteiger partial charge on any atom is 0.237 e. The van der Waals surface area contributed by atoms with Gasteiger partial charge < -0.3 is 15.2 Å². The second-order valence-electron chi connectivity index (χ2n) is 8.09. The minimum absolute atomic E-state index is 0.0143. The SMILES string of the molecule is CC(SCC(=O)Nc1ccc(F)cc1)C(=O)Nc1cc(-c2nnc3n2CCCCC3)ccc1F. The van der Waals surface area contributed by atoms with E-state index in [0.29, 0.717) is 17.1 Å². The zero-order chi connectivity index (χ0) is 24.1. The number of aromatic nitrogens is 3. The van der Waals surface area contributed by atoms with Crippen molar-refractivity contribution in [3.8, 4) is 11.4 Å². The van der Waals surface area contributed by atoms with Gasteiger partial charge >= 0.3 is 0 Å². The predicted octanol–water partition coefficient (Wildman–Crippen LogP) is 4.65. The van der Waals surface area contributed by atoms with Gasteiger partial charge in [-0.05, 0) is 62.2 Å². The molecule has 2 aromatic carbocycles. The Labute approximate surface area is 200 Å². The lowest BCUT2D eigenvalue weighted by Gasteiger charge is -2.14. The number of nitrogens with one attached hydrogen (secondary N) is 2. The number of halogens is 2. The highest BCUT2D eigenvalue weighted by Crippen LogP contribution is 2.27. The molecule has 0 aliphatic carbocycles. The lowest BCUT2D eigenvalue weighted by atomic mass is 10.1. The molecule has 1 aliphatic heterocycles. The second-order valence-corrected chi connectivity index (χ2v) is 9.42. The van der Waals surface area contributed by atoms with Gasteiger partial charge in [0, 0.05) is 24.2 Å². The van der Waals surface area contributed by atoms with E-state index >= 15 is 0 Å². The number of benzene rings is 2. The topological polar surface area (TPSA) is 88.9 Å². The van der Waals surface area contributed by atoms with E-state index in [0.717, 1.165) is 49.8 Å². The van der Waals surface area contributed by atoms with Crippen molar-refractivity contribution in [3.05, 3.63) is 59.9 Å². The monoisotopic (exact) mass is 485 g/mol. The van der Waals surface area contributed by atoms with Gasteiger partial charge in [0.1, 0.15) is 17.5 Å². The maximum absolute atomic E-state index is 14.5. The van der Waals surface area contributed by atoms with Gasteiger partial charge in [-0.25, -0.2) is 8.78 Å². The highest BCUT2D eigenvalue weighted by Gasteiger charge is 2.20. The Morgan fingerprint density at radius 2 is 1.85 bits per heavy atom. The molecule has 2 N–H and O–H groups in total. The van der Waals surface area contributed by atoms with E-state index in [1.54, 1.807) is 19.1 Å². The molecule has 178 valence electrons. The number of hydrogen-bond donors (Lipinski definition) is 2. The van der Waals surface area contributed by atoms with E-state index < -0.39 is 22.8 Å². The Kier molecular flexibility index (Phi) is 7.56. The number of carbonyl (C=O) groups excluding carboxylic acids is 2. The summed E-state index contributed by atoms with van der Waals surface area (Å²) in [6.45, 7) is 2.45. The average Bonchev–Trinajstić information content (AvgIpc) is 3.08. The molecule has 34 heavy (non-hydrogen) atoms. The predicted molar refractivity (Wildman–Crippen MR) is 129 cm³/mol. The van der Waals surface area contributed by atoms with Gasteiger partial charge in [-0.3, -0.25) is 9.59 Å². The van der Waals surface area contributed by atoms with Crippen molar-refractivity contribution >= 4 is 35.0 Å². The van der Waals surface area contributed by atoms with Crippen LogP contribution in [0.3, 0.4) is 0 Å². The van der Waals surface area contributed by atoms with Crippen molar-refractivity contribution in [2.75, 3.05) is 16.4 Å². The molecule has 1 aliphatic rings. The van der Waals surface area contributed by atoms with Gasteiger partial charge in [0.2, 0.25) is 11.8 Å². The van der Waals surface area contributed by atoms with Crippen LogP contribution >= 0.6 is 11.8 Å². The van der Waals surface area contributed by atoms with Crippen LogP contribution in [0.2, 0.25) is 0 Å². The standard InChI is InChI=1S/C24H25F2N5O2S/c1-15(34-14-22(32)27-18-9-7-17(25)8-10-18)24(33)28-20-13-16(6-11-19(20)26)23-30-29-21-5-3-2-4-12-31(21)23/h6-11,13,15H,2-5,12,14H2,1H3,(H,27,32)(H,28,33). The Morgan fingerprint density at radius 3 is 2.65 bits per heavy atom. The first-order valence-electron chi connectivity index (χ1n) is 11.1. The Bertz CT molecular complexity index is 1180. The number of hydrogen-bond acceptors (Lipinski definition) is 5. The van der Waals surface area contributed by atoms with Gasteiger partial charge in [-0.15, -0.1) is 22.0 Å². The third-order valence-electron chi connectivity index (χ3n) is 5.55. The van der Waals surface area contributed by atoms with Gasteiger partial charge in [-0.1, -0.05) is 6.42 Å². The minimum atomic E-state index is -0.605. The molecule has 0 saturated heterocycles. The summed E-state index contributed by atoms with van der Waals surface area (Å²) in [5, 5.41) is 13.2. The lowest BCUT2D eigenvalue weighted by molar-refractivity contribution is -0.115. The van der Waals surface area contributed by atoms with Crippen molar-refractivity contribution in [2.24, 2.45) is 0 Å². The third kappa shape index (κ3) is 5.80. The zero-order valence-electron chi connectivity index (χ0n) is 18.7. The molecule has 7 nitrogen and oxygen atoms in total. The van der Waals surface area contributed by atoms with E-state index in [9.17, 15) is 18.4 Å². The fourth-order valence-electron chi connectivity index (χ4n) is 3.70. The fourth-order valence-corrected chi connectivity index (χ4v) is 4.38. The smallest absolute Gasteiger partial charge is 0.237 e. The maximum atomic E-state index is 14.5. The number of carbonyl (C=O) groups is 2. The summed E-state index contributed by atoms with van der Waals surface area (Å²) >= 11 is 1.12. The summed E-state index contributed by atoms with van der Waals surface area (Å²) in [6, 6.07) is 9.91. The summed E-state index contributed by atoms with van der Waals surface area (Å²) < 4.78 is 29.5. The number of aryl methyl sites for hydroxylation is 1. The summed E-state index contributed by atoms with van der Waals surface area (Å²) in [6.07, 6.45) is 4.10. The molecule has 10 heteroatoms. The molecule has 0 saturated carbocycles. The molecule has 1 atom stereocenters. The fraction of sp³-hybridized carbons (Fsp3) is 0.333. The lowest BCUT2D eigenvalue weighted by Crippen LogP contribution is -2.25. The van der Waals surface area contributed by atoms with Gasteiger partial charge in [0.25, 0.3) is 0 Å². The molecule has 0 spiro atoms. The van der Waals surface area contributed by atoms with Crippen LogP contribution in [0.15, 0.2) is 42.5 Å². The molecular weight excluding hydrogens is 460 g/mol. The van der Waals surface area contributed by atoms with Crippen molar-refractivity contribution in [1.29, 1.82) is 0 Å². The number of fused-ring (bicyclic) bond motifs is 1. The van der Waals surface area contributed by atoms with Crippen LogP contribution < -0.4 is 10.6 Å². The van der Waals surface area contributed by atoms with Crippen LogP contribution in [0.1, 0.15) is 32.0 Å². The molecule has 4 rings (SSSR count). The summed E-state index contributed by atoms with van der Waals surface area (Å²) in [5.74, 6) is -0.0982. The molecule has 0 fully saturated rings. The number of anilines is 2. The third-order valence-corrected chi connectivity index (χ3v) is 6.70. The first kappa shape index (κ1) is 23.9. The molecule has 1 aromatic heterocycles.